The van der Waals surface area contributed by atoms with Crippen molar-refractivity contribution in [3.63, 3.8) is 0 Å². The second kappa shape index (κ2) is 3.87. The molecule has 0 aliphatic heterocycles. The van der Waals surface area contributed by atoms with Crippen LogP contribution in [-0.4, -0.2) is 9.55 Å². The van der Waals surface area contributed by atoms with Crippen LogP contribution in [0.2, 0.25) is 0 Å². The maximum absolute atomic E-state index is 12.2. The lowest BCUT2D eigenvalue weighted by Gasteiger charge is -2.08. The van der Waals surface area contributed by atoms with E-state index >= 15 is 0 Å². The van der Waals surface area contributed by atoms with Crippen LogP contribution in [0.5, 0.6) is 0 Å². The molecule has 0 unspecified atom stereocenters. The van der Waals surface area contributed by atoms with E-state index < -0.39 is 0 Å². The van der Waals surface area contributed by atoms with Gasteiger partial charge >= 0.3 is 0 Å². The Balaban J connectivity index is 3.05. The van der Waals surface area contributed by atoms with Crippen molar-refractivity contribution >= 4 is 23.1 Å². The summed E-state index contributed by atoms with van der Waals surface area (Å²) in [6, 6.07) is 3.95. The summed E-state index contributed by atoms with van der Waals surface area (Å²) in [6.07, 6.45) is 0. The van der Waals surface area contributed by atoms with E-state index in [1.165, 1.54) is 0 Å². The van der Waals surface area contributed by atoms with Gasteiger partial charge in [-0.15, -0.1) is 0 Å². The number of nitrogens with zero attached hydrogens (tertiary/aromatic N) is 1. The van der Waals surface area contributed by atoms with Crippen molar-refractivity contribution in [2.45, 2.75) is 27.3 Å². The summed E-state index contributed by atoms with van der Waals surface area (Å²) in [4.78, 5) is 15.3. The average Bonchev–Trinajstić information content (AvgIpc) is 2.21. The molecular formula is C12H14N2OS. The summed E-state index contributed by atoms with van der Waals surface area (Å²) in [6.45, 7) is 6.48. The van der Waals surface area contributed by atoms with Crippen LogP contribution >= 0.6 is 12.2 Å². The van der Waals surface area contributed by atoms with E-state index in [0.717, 1.165) is 16.6 Å². The summed E-state index contributed by atoms with van der Waals surface area (Å²) >= 11 is 5.17. The molecule has 84 valence electrons. The molecule has 1 aromatic heterocycles. The molecule has 16 heavy (non-hydrogen) atoms. The first kappa shape index (κ1) is 11.1. The number of hydrogen-bond donors (Lipinski definition) is 1. The predicted molar refractivity (Wildman–Crippen MR) is 68.5 cm³/mol. The largest absolute Gasteiger partial charge is 0.331 e. The number of fused-ring (bicyclic) bond motifs is 1. The van der Waals surface area contributed by atoms with Gasteiger partial charge in [-0.1, -0.05) is 6.07 Å². The minimum absolute atomic E-state index is 0.00644. The smallest absolute Gasteiger partial charge is 0.262 e. The Bertz CT molecular complexity index is 667. The maximum Gasteiger partial charge on any atom is 0.262 e. The zero-order valence-corrected chi connectivity index (χ0v) is 10.4. The van der Waals surface area contributed by atoms with Crippen molar-refractivity contribution < 1.29 is 0 Å². The van der Waals surface area contributed by atoms with Gasteiger partial charge in [-0.05, 0) is 50.2 Å². The van der Waals surface area contributed by atoms with Crippen LogP contribution in [0.25, 0.3) is 10.9 Å². The predicted octanol–water partition coefficient (Wildman–Crippen LogP) is 2.70. The third-order valence-corrected chi connectivity index (χ3v) is 3.07. The van der Waals surface area contributed by atoms with Crippen LogP contribution in [0.3, 0.4) is 0 Å². The van der Waals surface area contributed by atoms with Gasteiger partial charge in [-0.25, -0.2) is 0 Å². The van der Waals surface area contributed by atoms with Gasteiger partial charge in [-0.3, -0.25) is 9.36 Å². The number of rotatable bonds is 1. The Labute approximate surface area is 98.7 Å². The van der Waals surface area contributed by atoms with Crippen LogP contribution in [0.1, 0.15) is 18.1 Å². The number of hydrogen-bond acceptors (Lipinski definition) is 2. The van der Waals surface area contributed by atoms with Crippen LogP contribution in [0.4, 0.5) is 0 Å². The first-order chi connectivity index (χ1) is 7.54. The Morgan fingerprint density at radius 1 is 1.38 bits per heavy atom. The molecule has 0 saturated heterocycles. The van der Waals surface area contributed by atoms with Crippen molar-refractivity contribution in [2.75, 3.05) is 0 Å². The van der Waals surface area contributed by atoms with E-state index in [4.69, 9.17) is 12.2 Å². The van der Waals surface area contributed by atoms with Crippen LogP contribution in [0, 0.1) is 18.6 Å². The fourth-order valence-electron chi connectivity index (χ4n) is 2.00. The summed E-state index contributed by atoms with van der Waals surface area (Å²) in [5, 5.41) is 0.716. The van der Waals surface area contributed by atoms with Gasteiger partial charge < -0.3 is 4.98 Å². The molecule has 0 amide bonds. The molecule has 1 N–H and O–H groups in total. The van der Waals surface area contributed by atoms with E-state index in [1.54, 1.807) is 4.57 Å². The highest BCUT2D eigenvalue weighted by Crippen LogP contribution is 2.15. The molecule has 0 atom stereocenters. The van der Waals surface area contributed by atoms with E-state index in [1.807, 2.05) is 32.9 Å². The fourth-order valence-corrected chi connectivity index (χ4v) is 2.32. The van der Waals surface area contributed by atoms with Crippen molar-refractivity contribution in [1.29, 1.82) is 0 Å². The standard InChI is InChI=1S/C12H14N2OS/c1-4-14-11(15)9-6-7(2)5-8(3)10(9)13-12(14)16/h5-6H,4H2,1-3H3,(H,13,16). The van der Waals surface area contributed by atoms with Crippen LogP contribution < -0.4 is 5.56 Å². The Morgan fingerprint density at radius 3 is 2.69 bits per heavy atom. The molecule has 4 heteroatoms. The van der Waals surface area contributed by atoms with E-state index in [0.29, 0.717) is 16.7 Å². The minimum atomic E-state index is -0.00644. The lowest BCUT2D eigenvalue weighted by molar-refractivity contribution is 0.704. The Kier molecular flexibility index (Phi) is 2.68. The lowest BCUT2D eigenvalue weighted by Crippen LogP contribution is -2.21. The number of nitrogens with one attached hydrogen (secondary N) is 1. The van der Waals surface area contributed by atoms with Crippen molar-refractivity contribution in [2.24, 2.45) is 0 Å². The fraction of sp³-hybridized carbons (Fsp3) is 0.333. The topological polar surface area (TPSA) is 37.8 Å². The summed E-state index contributed by atoms with van der Waals surface area (Å²) in [5.74, 6) is 0. The number of aromatic nitrogens is 2. The number of benzene rings is 1. The number of H-pyrrole nitrogens is 1. The van der Waals surface area contributed by atoms with E-state index in [2.05, 4.69) is 4.98 Å². The highest BCUT2D eigenvalue weighted by molar-refractivity contribution is 7.71. The number of aromatic amines is 1. The van der Waals surface area contributed by atoms with E-state index in [-0.39, 0.29) is 5.56 Å². The average molecular weight is 234 g/mol. The molecule has 2 aromatic rings. The molecule has 1 heterocycles. The molecular weight excluding hydrogens is 220 g/mol. The first-order valence-electron chi connectivity index (χ1n) is 5.28. The van der Waals surface area contributed by atoms with Crippen LogP contribution in [-0.2, 0) is 6.54 Å². The molecule has 0 saturated carbocycles. The SMILES string of the molecule is CCn1c(=S)[nH]c2c(C)cc(C)cc2c1=O. The summed E-state index contributed by atoms with van der Waals surface area (Å²) in [5.41, 5.74) is 3.00. The molecule has 3 nitrogen and oxygen atoms in total. The van der Waals surface area contributed by atoms with Crippen LogP contribution in [0.15, 0.2) is 16.9 Å². The zero-order valence-electron chi connectivity index (χ0n) is 9.63. The van der Waals surface area contributed by atoms with Crippen molar-refractivity contribution in [3.05, 3.63) is 38.4 Å². The van der Waals surface area contributed by atoms with Gasteiger partial charge in [-0.2, -0.15) is 0 Å². The highest BCUT2D eigenvalue weighted by Gasteiger charge is 2.06. The molecule has 1 aromatic carbocycles. The maximum atomic E-state index is 12.2. The van der Waals surface area contributed by atoms with E-state index in [9.17, 15) is 4.79 Å². The van der Waals surface area contributed by atoms with Crippen molar-refractivity contribution in [3.8, 4) is 0 Å². The second-order valence-electron chi connectivity index (χ2n) is 3.98. The molecule has 0 radical (unpaired) electrons. The van der Waals surface area contributed by atoms with Gasteiger partial charge in [0.05, 0.1) is 10.9 Å². The molecule has 0 spiro atoms. The molecule has 0 aliphatic carbocycles. The Hall–Kier alpha value is -1.42. The Morgan fingerprint density at radius 2 is 2.06 bits per heavy atom. The summed E-state index contributed by atoms with van der Waals surface area (Å²) in [7, 11) is 0. The minimum Gasteiger partial charge on any atom is -0.331 e. The lowest BCUT2D eigenvalue weighted by atomic mass is 10.1. The quantitative estimate of drug-likeness (QED) is 0.770. The summed E-state index contributed by atoms with van der Waals surface area (Å²) < 4.78 is 2.07. The third kappa shape index (κ3) is 1.59. The van der Waals surface area contributed by atoms with Gasteiger partial charge in [0.1, 0.15) is 0 Å². The second-order valence-corrected chi connectivity index (χ2v) is 4.37. The number of aryl methyl sites for hydroxylation is 2. The third-order valence-electron chi connectivity index (χ3n) is 2.75. The van der Waals surface area contributed by atoms with Gasteiger partial charge in [0, 0.05) is 6.54 Å². The molecule has 0 fully saturated rings. The highest BCUT2D eigenvalue weighted by atomic mass is 32.1. The normalized spacial score (nSPS) is 10.9. The zero-order chi connectivity index (χ0) is 11.9. The van der Waals surface area contributed by atoms with Gasteiger partial charge in [0.25, 0.3) is 5.56 Å². The first-order valence-corrected chi connectivity index (χ1v) is 5.69. The van der Waals surface area contributed by atoms with Crippen molar-refractivity contribution in [1.82, 2.24) is 9.55 Å². The molecule has 0 bridgehead atoms. The van der Waals surface area contributed by atoms with Gasteiger partial charge in [0.2, 0.25) is 0 Å². The molecule has 0 aliphatic rings. The molecule has 2 rings (SSSR count). The van der Waals surface area contributed by atoms with Gasteiger partial charge in [0.15, 0.2) is 4.77 Å². The monoisotopic (exact) mass is 234 g/mol.